The Morgan fingerprint density at radius 2 is 0.877 bits per heavy atom. The van der Waals surface area contributed by atoms with Crippen molar-refractivity contribution in [3.8, 4) is 33.4 Å². The summed E-state index contributed by atoms with van der Waals surface area (Å²) in [6.45, 7) is 0. The maximum Gasteiger partial charge on any atom is 0.159 e. The van der Waals surface area contributed by atoms with Crippen molar-refractivity contribution >= 4 is 39.0 Å². The van der Waals surface area contributed by atoms with Gasteiger partial charge in [0, 0.05) is 22.1 Å². The molecule has 1 aliphatic carbocycles. The molecule has 0 radical (unpaired) electrons. The third kappa shape index (κ3) is 5.18. The first kappa shape index (κ1) is 33.0. The molecular weight excluding hydrogens is 691 g/mol. The molecular formula is C55H37NO. The molecule has 0 amide bonds. The second-order valence-corrected chi connectivity index (χ2v) is 14.8. The lowest BCUT2D eigenvalue weighted by Gasteiger charge is -2.34. The first-order valence-corrected chi connectivity index (χ1v) is 19.6. The monoisotopic (exact) mass is 727 g/mol. The molecule has 2 heteroatoms. The minimum atomic E-state index is -0.561. The Morgan fingerprint density at radius 1 is 0.368 bits per heavy atom. The fourth-order valence-corrected chi connectivity index (χ4v) is 9.34. The molecule has 0 fully saturated rings. The van der Waals surface area contributed by atoms with Gasteiger partial charge in [0.05, 0.1) is 11.1 Å². The Morgan fingerprint density at radius 3 is 1.49 bits per heavy atom. The number of rotatable bonds is 7. The SMILES string of the molecule is c1ccc(-c2cc(-c3ccccc3)cc(N(c3ccccc3)c3cccc4c3oc3cccc(C5(c6ccccc6)c6ccccc6-c6ccccc65)c34)c2)cc1. The van der Waals surface area contributed by atoms with Crippen LogP contribution in [0.4, 0.5) is 17.1 Å². The average molecular weight is 728 g/mol. The maximum atomic E-state index is 7.15. The molecule has 0 atom stereocenters. The van der Waals surface area contributed by atoms with Crippen molar-refractivity contribution in [1.82, 2.24) is 0 Å². The van der Waals surface area contributed by atoms with Crippen LogP contribution < -0.4 is 4.90 Å². The van der Waals surface area contributed by atoms with E-state index in [1.54, 1.807) is 0 Å². The number of fused-ring (bicyclic) bond motifs is 6. The summed E-state index contributed by atoms with van der Waals surface area (Å²) in [7, 11) is 0. The lowest BCUT2D eigenvalue weighted by atomic mass is 9.66. The number of nitrogens with zero attached hydrogens (tertiary/aromatic N) is 1. The topological polar surface area (TPSA) is 16.4 Å². The molecule has 0 N–H and O–H groups in total. The van der Waals surface area contributed by atoms with Crippen LogP contribution in [0.3, 0.4) is 0 Å². The van der Waals surface area contributed by atoms with Gasteiger partial charge in [-0.25, -0.2) is 0 Å². The van der Waals surface area contributed by atoms with Gasteiger partial charge in [-0.3, -0.25) is 0 Å². The van der Waals surface area contributed by atoms with Crippen molar-refractivity contribution in [2.24, 2.45) is 0 Å². The fourth-order valence-electron chi connectivity index (χ4n) is 9.34. The van der Waals surface area contributed by atoms with E-state index >= 15 is 0 Å². The van der Waals surface area contributed by atoms with Crippen molar-refractivity contribution in [3.05, 3.63) is 247 Å². The van der Waals surface area contributed by atoms with Crippen LogP contribution in [0.1, 0.15) is 22.3 Å². The molecule has 57 heavy (non-hydrogen) atoms. The minimum absolute atomic E-state index is 0.561. The third-order valence-corrected chi connectivity index (χ3v) is 11.7. The summed E-state index contributed by atoms with van der Waals surface area (Å²) in [6, 6.07) is 81.0. The lowest BCUT2D eigenvalue weighted by molar-refractivity contribution is 0.668. The second-order valence-electron chi connectivity index (χ2n) is 14.8. The largest absolute Gasteiger partial charge is 0.454 e. The van der Waals surface area contributed by atoms with Crippen LogP contribution >= 0.6 is 0 Å². The van der Waals surface area contributed by atoms with Gasteiger partial charge in [0.15, 0.2) is 5.58 Å². The van der Waals surface area contributed by atoms with Crippen LogP contribution in [0, 0.1) is 0 Å². The van der Waals surface area contributed by atoms with Gasteiger partial charge in [-0.2, -0.15) is 0 Å². The fraction of sp³-hybridized carbons (Fsp3) is 0.0182. The van der Waals surface area contributed by atoms with Crippen molar-refractivity contribution in [2.45, 2.75) is 5.41 Å². The van der Waals surface area contributed by atoms with Gasteiger partial charge in [0.1, 0.15) is 5.58 Å². The Balaban J connectivity index is 1.20. The maximum absolute atomic E-state index is 7.15. The number of hydrogen-bond donors (Lipinski definition) is 0. The predicted molar refractivity (Wildman–Crippen MR) is 237 cm³/mol. The molecule has 1 aliphatic rings. The van der Waals surface area contributed by atoms with Crippen LogP contribution in [0.5, 0.6) is 0 Å². The Kier molecular flexibility index (Phi) is 7.75. The number of benzene rings is 9. The predicted octanol–water partition coefficient (Wildman–Crippen LogP) is 14.8. The molecule has 0 spiro atoms. The highest BCUT2D eigenvalue weighted by atomic mass is 16.3. The normalized spacial score (nSPS) is 12.7. The highest BCUT2D eigenvalue weighted by molar-refractivity contribution is 6.13. The van der Waals surface area contributed by atoms with Gasteiger partial charge in [-0.05, 0) is 98.1 Å². The number of furan rings is 1. The molecule has 0 aliphatic heterocycles. The van der Waals surface area contributed by atoms with E-state index in [-0.39, 0.29) is 0 Å². The van der Waals surface area contributed by atoms with Crippen LogP contribution in [0.15, 0.2) is 229 Å². The van der Waals surface area contributed by atoms with Crippen LogP contribution in [-0.2, 0) is 5.41 Å². The van der Waals surface area contributed by atoms with Gasteiger partial charge in [-0.15, -0.1) is 0 Å². The van der Waals surface area contributed by atoms with Gasteiger partial charge >= 0.3 is 0 Å². The van der Waals surface area contributed by atoms with E-state index < -0.39 is 5.41 Å². The average Bonchev–Trinajstić information content (AvgIpc) is 3.83. The minimum Gasteiger partial charge on any atom is -0.454 e. The highest BCUT2D eigenvalue weighted by Gasteiger charge is 2.47. The zero-order valence-electron chi connectivity index (χ0n) is 31.2. The molecule has 10 aromatic rings. The van der Waals surface area contributed by atoms with Crippen LogP contribution in [0.2, 0.25) is 0 Å². The summed E-state index contributed by atoms with van der Waals surface area (Å²) in [5, 5.41) is 2.21. The molecule has 1 aromatic heterocycles. The molecule has 268 valence electrons. The molecule has 9 aromatic carbocycles. The van der Waals surface area contributed by atoms with Crippen molar-refractivity contribution in [2.75, 3.05) is 4.90 Å². The molecule has 11 rings (SSSR count). The van der Waals surface area contributed by atoms with Crippen molar-refractivity contribution in [1.29, 1.82) is 0 Å². The molecule has 0 saturated heterocycles. The van der Waals surface area contributed by atoms with Crippen molar-refractivity contribution < 1.29 is 4.42 Å². The molecule has 1 heterocycles. The third-order valence-electron chi connectivity index (χ3n) is 11.7. The van der Waals surface area contributed by atoms with E-state index in [1.165, 1.54) is 44.5 Å². The summed E-state index contributed by atoms with van der Waals surface area (Å²) in [4.78, 5) is 2.36. The summed E-state index contributed by atoms with van der Waals surface area (Å²) >= 11 is 0. The first-order valence-electron chi connectivity index (χ1n) is 19.6. The van der Waals surface area contributed by atoms with E-state index in [9.17, 15) is 0 Å². The molecule has 2 nitrogen and oxygen atoms in total. The molecule has 0 saturated carbocycles. The molecule has 0 unspecified atom stereocenters. The van der Waals surface area contributed by atoms with Crippen LogP contribution in [0.25, 0.3) is 55.3 Å². The zero-order chi connectivity index (χ0) is 37.8. The summed E-state index contributed by atoms with van der Waals surface area (Å²) in [6.07, 6.45) is 0. The quantitative estimate of drug-likeness (QED) is 0.163. The van der Waals surface area contributed by atoms with Gasteiger partial charge < -0.3 is 9.32 Å². The summed E-state index contributed by atoms with van der Waals surface area (Å²) in [5.41, 5.74) is 16.4. The van der Waals surface area contributed by atoms with E-state index in [0.29, 0.717) is 0 Å². The number of hydrogen-bond acceptors (Lipinski definition) is 2. The zero-order valence-corrected chi connectivity index (χ0v) is 31.2. The first-order chi connectivity index (χ1) is 28.3. The Hall–Kier alpha value is -7.42. The van der Waals surface area contributed by atoms with E-state index in [4.69, 9.17) is 4.42 Å². The molecule has 0 bridgehead atoms. The number of anilines is 3. The standard InChI is InChI=1S/C55H37NO/c1-5-19-38(20-6-1)40-35-41(39-21-7-2-8-22-39)37-44(36-40)56(43-25-11-4-12-26-43)51-33-17-29-47-53-50(32-18-34-52(53)57-54(47)51)55(42-23-9-3-10-24-42)48-30-15-13-27-45(48)46-28-14-16-31-49(46)55/h1-37H. The highest BCUT2D eigenvalue weighted by Crippen LogP contribution is 2.58. The van der Waals surface area contributed by atoms with Gasteiger partial charge in [0.2, 0.25) is 0 Å². The van der Waals surface area contributed by atoms with E-state index in [2.05, 4.69) is 229 Å². The smallest absolute Gasteiger partial charge is 0.159 e. The Labute approximate surface area is 332 Å². The van der Waals surface area contributed by atoms with Gasteiger partial charge in [-0.1, -0.05) is 182 Å². The summed E-state index contributed by atoms with van der Waals surface area (Å²) < 4.78 is 7.15. The lowest BCUT2D eigenvalue weighted by Crippen LogP contribution is -2.28. The summed E-state index contributed by atoms with van der Waals surface area (Å²) in [5.74, 6) is 0. The van der Waals surface area contributed by atoms with Crippen LogP contribution in [-0.4, -0.2) is 0 Å². The Bertz CT molecular complexity index is 2950. The van der Waals surface area contributed by atoms with E-state index in [1.807, 2.05) is 0 Å². The second kappa shape index (κ2) is 13.4. The van der Waals surface area contributed by atoms with Gasteiger partial charge in [0.25, 0.3) is 0 Å². The van der Waals surface area contributed by atoms with E-state index in [0.717, 1.165) is 50.1 Å². The van der Waals surface area contributed by atoms with Crippen molar-refractivity contribution in [3.63, 3.8) is 0 Å². The number of para-hydroxylation sites is 2.